The van der Waals surface area contributed by atoms with E-state index in [0.717, 1.165) is 45.0 Å². The Balaban J connectivity index is 0.997. The highest BCUT2D eigenvalue weighted by molar-refractivity contribution is 6.10. The predicted octanol–water partition coefficient (Wildman–Crippen LogP) is 19.4. The van der Waals surface area contributed by atoms with Gasteiger partial charge in [0.05, 0.1) is 11.0 Å². The van der Waals surface area contributed by atoms with Gasteiger partial charge in [0.25, 0.3) is 0 Å². The maximum atomic E-state index is 2.43. The van der Waals surface area contributed by atoms with Gasteiger partial charge < -0.3 is 9.47 Å². The molecule has 0 bridgehead atoms. The van der Waals surface area contributed by atoms with Gasteiger partial charge in [0.15, 0.2) is 0 Å². The van der Waals surface area contributed by atoms with Crippen molar-refractivity contribution >= 4 is 49.6 Å². The molecule has 0 spiro atoms. The normalized spacial score (nSPS) is 11.3. The first kappa shape index (κ1) is 42.6. The Kier molecular flexibility index (Phi) is 10.9. The van der Waals surface area contributed by atoms with Crippen molar-refractivity contribution in [2.24, 2.45) is 0 Å². The van der Waals surface area contributed by atoms with E-state index >= 15 is 0 Å². The van der Waals surface area contributed by atoms with Crippen LogP contribution in [0.2, 0.25) is 0 Å². The standard InChI is InChI=1S/C70H48N2/c1-4-21-49(22-5-1)61-36-12-13-38-66(61)70-63(51-23-6-2-7-24-51)40-20-41-64(70)55-29-18-34-59(47-55)71(58-33-17-28-54(46-58)62-39-19-26-50-25-10-11-35-60(50)62)57-32-16-27-52(45-57)53-43-44-69-67(48-53)65-37-14-15-42-68(65)72(69)56-30-8-3-9-31-56/h1-48H. The molecule has 0 aliphatic rings. The molecule has 1 heterocycles. The number of fused-ring (bicyclic) bond motifs is 4. The van der Waals surface area contributed by atoms with E-state index in [-0.39, 0.29) is 0 Å². The fraction of sp³-hybridized carbons (Fsp3) is 0. The highest BCUT2D eigenvalue weighted by atomic mass is 15.1. The van der Waals surface area contributed by atoms with Crippen LogP contribution in [0.25, 0.3) is 105 Å². The molecule has 0 aliphatic carbocycles. The van der Waals surface area contributed by atoms with Gasteiger partial charge in [0.2, 0.25) is 0 Å². The Morgan fingerprint density at radius 1 is 0.236 bits per heavy atom. The highest BCUT2D eigenvalue weighted by Gasteiger charge is 2.21. The fourth-order valence-electron chi connectivity index (χ4n) is 10.9. The number of hydrogen-bond donors (Lipinski definition) is 0. The Morgan fingerprint density at radius 2 is 0.667 bits per heavy atom. The third-order valence-corrected chi connectivity index (χ3v) is 14.2. The molecule has 0 unspecified atom stereocenters. The summed E-state index contributed by atoms with van der Waals surface area (Å²) in [5, 5.41) is 4.93. The molecule has 0 atom stereocenters. The summed E-state index contributed by atoms with van der Waals surface area (Å²) in [6.45, 7) is 0. The van der Waals surface area contributed by atoms with E-state index in [1.807, 2.05) is 0 Å². The van der Waals surface area contributed by atoms with Gasteiger partial charge >= 0.3 is 0 Å². The molecule has 72 heavy (non-hydrogen) atoms. The maximum absolute atomic E-state index is 2.43. The number of nitrogens with zero attached hydrogens (tertiary/aromatic N) is 2. The van der Waals surface area contributed by atoms with Crippen LogP contribution in [-0.2, 0) is 0 Å². The summed E-state index contributed by atoms with van der Waals surface area (Å²) < 4.78 is 2.38. The van der Waals surface area contributed by atoms with Crippen molar-refractivity contribution in [3.05, 3.63) is 291 Å². The molecule has 0 N–H and O–H groups in total. The lowest BCUT2D eigenvalue weighted by Crippen LogP contribution is -2.10. The first-order valence-corrected chi connectivity index (χ1v) is 24.7. The molecule has 0 saturated carbocycles. The molecular formula is C70H48N2. The summed E-state index contributed by atoms with van der Waals surface area (Å²) in [7, 11) is 0. The lowest BCUT2D eigenvalue weighted by Gasteiger charge is -2.27. The fourth-order valence-corrected chi connectivity index (χ4v) is 10.9. The number of benzene rings is 12. The highest BCUT2D eigenvalue weighted by Crippen LogP contribution is 2.46. The van der Waals surface area contributed by atoms with E-state index < -0.39 is 0 Å². The zero-order chi connectivity index (χ0) is 47.8. The Labute approximate surface area is 420 Å². The third kappa shape index (κ3) is 7.73. The van der Waals surface area contributed by atoms with Crippen molar-refractivity contribution in [3.63, 3.8) is 0 Å². The minimum atomic E-state index is 1.06. The monoisotopic (exact) mass is 916 g/mol. The van der Waals surface area contributed by atoms with Crippen LogP contribution >= 0.6 is 0 Å². The summed E-state index contributed by atoms with van der Waals surface area (Å²) in [5.41, 5.74) is 20.9. The van der Waals surface area contributed by atoms with Gasteiger partial charge in [-0.05, 0) is 144 Å². The molecule has 13 rings (SSSR count). The van der Waals surface area contributed by atoms with E-state index in [0.29, 0.717) is 0 Å². The van der Waals surface area contributed by atoms with Crippen LogP contribution < -0.4 is 4.90 Å². The predicted molar refractivity (Wildman–Crippen MR) is 306 cm³/mol. The number of para-hydroxylation sites is 2. The molecule has 0 fully saturated rings. The molecule has 2 nitrogen and oxygen atoms in total. The van der Waals surface area contributed by atoms with Gasteiger partial charge in [-0.1, -0.05) is 224 Å². The molecule has 0 amide bonds. The molecule has 0 radical (unpaired) electrons. The molecule has 1 aromatic heterocycles. The minimum absolute atomic E-state index is 1.06. The quantitative estimate of drug-likeness (QED) is 0.133. The van der Waals surface area contributed by atoms with Crippen LogP contribution in [0.5, 0.6) is 0 Å². The zero-order valence-corrected chi connectivity index (χ0v) is 39.6. The van der Waals surface area contributed by atoms with Crippen molar-refractivity contribution in [1.29, 1.82) is 0 Å². The summed E-state index contributed by atoms with van der Waals surface area (Å²) in [6, 6.07) is 106. The Hall–Kier alpha value is -9.50. The molecule has 338 valence electrons. The van der Waals surface area contributed by atoms with E-state index in [9.17, 15) is 0 Å². The number of rotatable bonds is 10. The summed E-state index contributed by atoms with van der Waals surface area (Å²) >= 11 is 0. The molecule has 0 saturated heterocycles. The minimum Gasteiger partial charge on any atom is -0.310 e. The second-order valence-corrected chi connectivity index (χ2v) is 18.4. The van der Waals surface area contributed by atoms with Crippen molar-refractivity contribution in [2.75, 3.05) is 4.90 Å². The van der Waals surface area contributed by atoms with Crippen LogP contribution in [0.4, 0.5) is 17.1 Å². The van der Waals surface area contributed by atoms with E-state index in [1.165, 1.54) is 77.1 Å². The van der Waals surface area contributed by atoms with Crippen molar-refractivity contribution < 1.29 is 0 Å². The van der Waals surface area contributed by atoms with Crippen molar-refractivity contribution in [1.82, 2.24) is 4.57 Å². The van der Waals surface area contributed by atoms with Gasteiger partial charge in [0.1, 0.15) is 0 Å². The Bertz CT molecular complexity index is 4090. The van der Waals surface area contributed by atoms with Crippen molar-refractivity contribution in [2.45, 2.75) is 0 Å². The molecule has 12 aromatic carbocycles. The maximum Gasteiger partial charge on any atom is 0.0541 e. The zero-order valence-electron chi connectivity index (χ0n) is 39.6. The molecule has 0 aliphatic heterocycles. The first-order valence-electron chi connectivity index (χ1n) is 24.7. The van der Waals surface area contributed by atoms with Crippen LogP contribution in [0, 0.1) is 0 Å². The smallest absolute Gasteiger partial charge is 0.0541 e. The van der Waals surface area contributed by atoms with Crippen molar-refractivity contribution in [3.8, 4) is 72.4 Å². The van der Waals surface area contributed by atoms with E-state index in [2.05, 4.69) is 301 Å². The first-order chi connectivity index (χ1) is 35.7. The third-order valence-electron chi connectivity index (χ3n) is 14.2. The van der Waals surface area contributed by atoms with Crippen LogP contribution in [0.3, 0.4) is 0 Å². The Morgan fingerprint density at radius 3 is 1.38 bits per heavy atom. The molecule has 2 heteroatoms. The SMILES string of the molecule is c1ccc(-c2ccccc2-c2c(-c3ccccc3)cccc2-c2cccc(N(c3cccc(-c4ccc5c(c4)c4ccccc4n5-c4ccccc4)c3)c3cccc(-c4cccc5ccccc45)c3)c2)cc1. The second kappa shape index (κ2) is 18.4. The number of aromatic nitrogens is 1. The van der Waals surface area contributed by atoms with Gasteiger partial charge in [-0.2, -0.15) is 0 Å². The largest absolute Gasteiger partial charge is 0.310 e. The van der Waals surface area contributed by atoms with Crippen LogP contribution in [0.15, 0.2) is 291 Å². The van der Waals surface area contributed by atoms with E-state index in [1.54, 1.807) is 0 Å². The number of hydrogen-bond acceptors (Lipinski definition) is 1. The lowest BCUT2D eigenvalue weighted by molar-refractivity contribution is 1.18. The molecule has 13 aromatic rings. The average molecular weight is 917 g/mol. The summed E-state index contributed by atoms with van der Waals surface area (Å²) in [5.74, 6) is 0. The van der Waals surface area contributed by atoms with Gasteiger partial charge in [-0.25, -0.2) is 0 Å². The van der Waals surface area contributed by atoms with Crippen LogP contribution in [0.1, 0.15) is 0 Å². The van der Waals surface area contributed by atoms with Gasteiger partial charge in [0, 0.05) is 33.5 Å². The summed E-state index contributed by atoms with van der Waals surface area (Å²) in [6.07, 6.45) is 0. The summed E-state index contributed by atoms with van der Waals surface area (Å²) in [4.78, 5) is 2.43. The van der Waals surface area contributed by atoms with E-state index in [4.69, 9.17) is 0 Å². The van der Waals surface area contributed by atoms with Crippen LogP contribution in [-0.4, -0.2) is 4.57 Å². The topological polar surface area (TPSA) is 8.17 Å². The molecular weight excluding hydrogens is 869 g/mol. The second-order valence-electron chi connectivity index (χ2n) is 18.4. The lowest BCUT2D eigenvalue weighted by atomic mass is 9.84. The van der Waals surface area contributed by atoms with Gasteiger partial charge in [-0.15, -0.1) is 0 Å². The van der Waals surface area contributed by atoms with Gasteiger partial charge in [-0.3, -0.25) is 0 Å². The number of anilines is 3. The average Bonchev–Trinajstić information content (AvgIpc) is 3.79.